The highest BCUT2D eigenvalue weighted by atomic mass is 16.6. The first-order valence-corrected chi connectivity index (χ1v) is 10.4. The highest BCUT2D eigenvalue weighted by Crippen LogP contribution is 2.44. The Labute approximate surface area is 163 Å². The number of rotatable bonds is 3. The Hall–Kier alpha value is -1.55. The standard InChI is InChI=1S/C23H35NO3/c1-16(2)13-17-9-11-18(12-10-17)23(26)14-19-7-6-8-20(15-23)24(19)21(25)27-22(3,4)5/h9-12,16,19-20,26H,6-8,13-15H2,1-5H3. The predicted molar refractivity (Wildman–Crippen MR) is 108 cm³/mol. The van der Waals surface area contributed by atoms with Gasteiger partial charge in [0.1, 0.15) is 5.60 Å². The number of hydrogen-bond donors (Lipinski definition) is 1. The molecule has 1 aromatic carbocycles. The summed E-state index contributed by atoms with van der Waals surface area (Å²) < 4.78 is 5.65. The second-order valence-corrected chi connectivity index (χ2v) is 9.86. The average molecular weight is 374 g/mol. The van der Waals surface area contributed by atoms with E-state index >= 15 is 0 Å². The molecule has 2 aliphatic heterocycles. The van der Waals surface area contributed by atoms with Crippen LogP contribution in [0.25, 0.3) is 0 Å². The smallest absolute Gasteiger partial charge is 0.410 e. The van der Waals surface area contributed by atoms with Crippen LogP contribution in [0.5, 0.6) is 0 Å². The summed E-state index contributed by atoms with van der Waals surface area (Å²) in [4.78, 5) is 14.7. The van der Waals surface area contributed by atoms with Crippen LogP contribution in [0.1, 0.15) is 77.8 Å². The van der Waals surface area contributed by atoms with Crippen LogP contribution in [0.4, 0.5) is 4.79 Å². The highest BCUT2D eigenvalue weighted by molar-refractivity contribution is 5.69. The molecule has 1 N–H and O–H groups in total. The molecular formula is C23H35NO3. The van der Waals surface area contributed by atoms with Gasteiger partial charge in [-0.2, -0.15) is 0 Å². The van der Waals surface area contributed by atoms with Gasteiger partial charge in [-0.1, -0.05) is 38.1 Å². The maximum Gasteiger partial charge on any atom is 0.410 e. The molecule has 0 radical (unpaired) electrons. The zero-order chi connectivity index (χ0) is 19.8. The van der Waals surface area contributed by atoms with Gasteiger partial charge < -0.3 is 14.7 Å². The zero-order valence-corrected chi connectivity index (χ0v) is 17.5. The second kappa shape index (κ2) is 7.46. The third kappa shape index (κ3) is 4.66. The van der Waals surface area contributed by atoms with E-state index in [-0.39, 0.29) is 18.2 Å². The van der Waals surface area contributed by atoms with E-state index in [2.05, 4.69) is 38.1 Å². The van der Waals surface area contributed by atoms with Crippen LogP contribution >= 0.6 is 0 Å². The van der Waals surface area contributed by atoms with Gasteiger partial charge in [-0.15, -0.1) is 0 Å². The number of aliphatic hydroxyl groups is 1. The van der Waals surface area contributed by atoms with Crippen molar-refractivity contribution in [1.82, 2.24) is 4.90 Å². The largest absolute Gasteiger partial charge is 0.444 e. The minimum atomic E-state index is -0.857. The lowest BCUT2D eigenvalue weighted by Crippen LogP contribution is -2.59. The van der Waals surface area contributed by atoms with Gasteiger partial charge in [-0.05, 0) is 63.5 Å². The molecular weight excluding hydrogens is 338 g/mol. The molecule has 27 heavy (non-hydrogen) atoms. The third-order valence-corrected chi connectivity index (χ3v) is 5.75. The summed E-state index contributed by atoms with van der Waals surface area (Å²) in [6.07, 6.45) is 4.98. The molecule has 0 saturated carbocycles. The van der Waals surface area contributed by atoms with Crippen molar-refractivity contribution in [3.8, 4) is 0 Å². The molecule has 2 saturated heterocycles. The summed E-state index contributed by atoms with van der Waals surface area (Å²) in [5, 5.41) is 11.5. The summed E-state index contributed by atoms with van der Waals surface area (Å²) in [6.45, 7) is 10.1. The number of fused-ring (bicyclic) bond motifs is 2. The van der Waals surface area contributed by atoms with Crippen molar-refractivity contribution in [1.29, 1.82) is 0 Å². The van der Waals surface area contributed by atoms with Gasteiger partial charge in [-0.25, -0.2) is 4.79 Å². The molecule has 3 rings (SSSR count). The van der Waals surface area contributed by atoms with Crippen LogP contribution in [-0.2, 0) is 16.8 Å². The molecule has 2 aliphatic rings. The van der Waals surface area contributed by atoms with E-state index < -0.39 is 11.2 Å². The van der Waals surface area contributed by atoms with Crippen LogP contribution in [0.2, 0.25) is 0 Å². The number of amides is 1. The van der Waals surface area contributed by atoms with Crippen LogP contribution in [-0.4, -0.2) is 33.8 Å². The molecule has 2 atom stereocenters. The first kappa shape index (κ1) is 20.2. The Kier molecular flexibility index (Phi) is 5.58. The quantitative estimate of drug-likeness (QED) is 0.809. The number of piperidine rings is 2. The van der Waals surface area contributed by atoms with E-state index in [1.807, 2.05) is 25.7 Å². The molecule has 2 fully saturated rings. The lowest BCUT2D eigenvalue weighted by atomic mass is 9.72. The van der Waals surface area contributed by atoms with E-state index in [9.17, 15) is 9.90 Å². The molecule has 2 unspecified atom stereocenters. The lowest BCUT2D eigenvalue weighted by Gasteiger charge is -2.51. The average Bonchev–Trinajstić information content (AvgIpc) is 2.52. The second-order valence-electron chi connectivity index (χ2n) is 9.86. The van der Waals surface area contributed by atoms with Crippen molar-refractivity contribution in [2.24, 2.45) is 5.92 Å². The molecule has 150 valence electrons. The molecule has 1 aromatic rings. The topological polar surface area (TPSA) is 49.8 Å². The molecule has 2 heterocycles. The monoisotopic (exact) mass is 373 g/mol. The van der Waals surface area contributed by atoms with Crippen molar-refractivity contribution in [2.75, 3.05) is 0 Å². The lowest BCUT2D eigenvalue weighted by molar-refractivity contribution is -0.0965. The minimum Gasteiger partial charge on any atom is -0.444 e. The summed E-state index contributed by atoms with van der Waals surface area (Å²) in [7, 11) is 0. The van der Waals surface area contributed by atoms with Gasteiger partial charge in [0, 0.05) is 24.9 Å². The van der Waals surface area contributed by atoms with E-state index in [1.54, 1.807) is 0 Å². The van der Waals surface area contributed by atoms with Gasteiger partial charge in [0.15, 0.2) is 0 Å². The molecule has 4 heteroatoms. The fraction of sp³-hybridized carbons (Fsp3) is 0.696. The number of hydrogen-bond acceptors (Lipinski definition) is 3. The van der Waals surface area contributed by atoms with Crippen LogP contribution in [0, 0.1) is 5.92 Å². The van der Waals surface area contributed by atoms with Crippen molar-refractivity contribution >= 4 is 6.09 Å². The predicted octanol–water partition coefficient (Wildman–Crippen LogP) is 5.02. The number of carbonyl (C=O) groups excluding carboxylic acids is 1. The van der Waals surface area contributed by atoms with Crippen molar-refractivity contribution in [3.05, 3.63) is 35.4 Å². The van der Waals surface area contributed by atoms with Crippen LogP contribution < -0.4 is 0 Å². The van der Waals surface area contributed by atoms with Crippen LogP contribution in [0.15, 0.2) is 24.3 Å². The maximum absolute atomic E-state index is 12.7. The fourth-order valence-corrected chi connectivity index (χ4v) is 4.70. The Morgan fingerprint density at radius 1 is 1.19 bits per heavy atom. The van der Waals surface area contributed by atoms with Crippen molar-refractivity contribution in [3.63, 3.8) is 0 Å². The third-order valence-electron chi connectivity index (χ3n) is 5.75. The SMILES string of the molecule is CC(C)Cc1ccc(C2(O)CC3CCCC(C2)N3C(=O)OC(C)(C)C)cc1. The van der Waals surface area contributed by atoms with Gasteiger partial charge in [0.2, 0.25) is 0 Å². The summed E-state index contributed by atoms with van der Waals surface area (Å²) in [5.41, 5.74) is 0.940. The maximum atomic E-state index is 12.7. The van der Waals surface area contributed by atoms with E-state index in [0.717, 1.165) is 31.2 Å². The molecule has 0 aliphatic carbocycles. The fourth-order valence-electron chi connectivity index (χ4n) is 4.70. The summed E-state index contributed by atoms with van der Waals surface area (Å²) >= 11 is 0. The Morgan fingerprint density at radius 2 is 1.74 bits per heavy atom. The Bertz CT molecular complexity index is 645. The first-order valence-electron chi connectivity index (χ1n) is 10.4. The van der Waals surface area contributed by atoms with E-state index in [1.165, 1.54) is 5.56 Å². The zero-order valence-electron chi connectivity index (χ0n) is 17.5. The number of ether oxygens (including phenoxy) is 1. The number of nitrogens with zero attached hydrogens (tertiary/aromatic N) is 1. The highest BCUT2D eigenvalue weighted by Gasteiger charge is 2.49. The molecule has 0 aromatic heterocycles. The van der Waals surface area contributed by atoms with E-state index in [4.69, 9.17) is 4.74 Å². The summed E-state index contributed by atoms with van der Waals surface area (Å²) in [6, 6.07) is 8.54. The van der Waals surface area contributed by atoms with Gasteiger partial charge >= 0.3 is 6.09 Å². The normalized spacial score (nSPS) is 28.3. The van der Waals surface area contributed by atoms with Crippen molar-refractivity contribution < 1.29 is 14.6 Å². The Balaban J connectivity index is 1.77. The number of carbonyl (C=O) groups is 1. The minimum absolute atomic E-state index is 0.0488. The van der Waals surface area contributed by atoms with Crippen molar-refractivity contribution in [2.45, 2.75) is 96.4 Å². The van der Waals surface area contributed by atoms with E-state index in [0.29, 0.717) is 18.8 Å². The molecule has 0 spiro atoms. The van der Waals surface area contributed by atoms with Gasteiger partial charge in [0.05, 0.1) is 5.60 Å². The van der Waals surface area contributed by atoms with Gasteiger partial charge in [0.25, 0.3) is 0 Å². The summed E-state index contributed by atoms with van der Waals surface area (Å²) in [5.74, 6) is 0.621. The van der Waals surface area contributed by atoms with Gasteiger partial charge in [-0.3, -0.25) is 0 Å². The number of benzene rings is 1. The molecule has 2 bridgehead atoms. The molecule has 1 amide bonds. The first-order chi connectivity index (χ1) is 12.6. The molecule has 4 nitrogen and oxygen atoms in total. The van der Waals surface area contributed by atoms with Crippen LogP contribution in [0.3, 0.4) is 0 Å². The Morgan fingerprint density at radius 3 is 2.22 bits per heavy atom.